The van der Waals surface area contributed by atoms with Gasteiger partial charge in [0, 0.05) is 11.4 Å². The molecule has 0 radical (unpaired) electrons. The van der Waals surface area contributed by atoms with Gasteiger partial charge in [0.2, 0.25) is 11.7 Å². The standard InChI is InChI=1S/C23H18N2O5/c26-19-13-29-22(25-17-8-2-1-3-9-17)21(19)23(28)30-14-20(27)24-18-11-10-15-6-4-5-7-16(15)12-18/h1-12,25H,13-14H2,(H,24,27). The van der Waals surface area contributed by atoms with Crippen LogP contribution in [0.25, 0.3) is 10.8 Å². The van der Waals surface area contributed by atoms with Gasteiger partial charge in [0.25, 0.3) is 5.91 Å². The number of Topliss-reactive ketones (excluding diaryl/α,β-unsaturated/α-hetero) is 1. The molecule has 0 unspecified atom stereocenters. The van der Waals surface area contributed by atoms with Crippen LogP contribution in [-0.4, -0.2) is 30.9 Å². The molecule has 0 saturated heterocycles. The van der Waals surface area contributed by atoms with Gasteiger partial charge in [0.05, 0.1) is 0 Å². The van der Waals surface area contributed by atoms with E-state index in [4.69, 9.17) is 9.47 Å². The Kier molecular flexibility index (Phi) is 5.43. The third kappa shape index (κ3) is 4.30. The predicted molar refractivity (Wildman–Crippen MR) is 112 cm³/mol. The summed E-state index contributed by atoms with van der Waals surface area (Å²) in [5, 5.41) is 7.58. The number of para-hydroxylation sites is 1. The van der Waals surface area contributed by atoms with Crippen LogP contribution in [0.4, 0.5) is 11.4 Å². The van der Waals surface area contributed by atoms with Gasteiger partial charge < -0.3 is 20.1 Å². The maximum absolute atomic E-state index is 12.4. The van der Waals surface area contributed by atoms with Crippen LogP contribution < -0.4 is 10.6 Å². The fourth-order valence-electron chi connectivity index (χ4n) is 3.03. The Labute approximate surface area is 172 Å². The van der Waals surface area contributed by atoms with Crippen molar-refractivity contribution in [2.24, 2.45) is 0 Å². The van der Waals surface area contributed by atoms with Crippen molar-refractivity contribution >= 4 is 39.8 Å². The van der Waals surface area contributed by atoms with E-state index < -0.39 is 24.3 Å². The molecule has 1 heterocycles. The van der Waals surface area contributed by atoms with Crippen molar-refractivity contribution in [3.05, 3.63) is 84.3 Å². The van der Waals surface area contributed by atoms with Crippen LogP contribution in [0.5, 0.6) is 0 Å². The lowest BCUT2D eigenvalue weighted by atomic mass is 10.1. The molecule has 2 N–H and O–H groups in total. The number of ether oxygens (including phenoxy) is 2. The molecule has 7 nitrogen and oxygen atoms in total. The Hall–Kier alpha value is -4.13. The molecule has 150 valence electrons. The highest BCUT2D eigenvalue weighted by atomic mass is 16.5. The quantitative estimate of drug-likeness (QED) is 0.486. The number of nitrogens with one attached hydrogen (secondary N) is 2. The van der Waals surface area contributed by atoms with Crippen LogP contribution in [-0.2, 0) is 23.9 Å². The van der Waals surface area contributed by atoms with Gasteiger partial charge in [-0.25, -0.2) is 4.79 Å². The van der Waals surface area contributed by atoms with Crippen LogP contribution in [0, 0.1) is 0 Å². The van der Waals surface area contributed by atoms with Gasteiger partial charge in [0.15, 0.2) is 18.8 Å². The van der Waals surface area contributed by atoms with Crippen molar-refractivity contribution in [2.45, 2.75) is 0 Å². The van der Waals surface area contributed by atoms with E-state index in [2.05, 4.69) is 10.6 Å². The maximum atomic E-state index is 12.4. The first-order valence-corrected chi connectivity index (χ1v) is 9.28. The molecule has 1 aliphatic rings. The lowest BCUT2D eigenvalue weighted by molar-refractivity contribution is -0.144. The first-order chi connectivity index (χ1) is 14.6. The van der Waals surface area contributed by atoms with Crippen LogP contribution in [0.1, 0.15) is 0 Å². The van der Waals surface area contributed by atoms with Gasteiger partial charge in [-0.05, 0) is 35.0 Å². The number of rotatable bonds is 6. The van der Waals surface area contributed by atoms with Gasteiger partial charge in [-0.2, -0.15) is 0 Å². The highest BCUT2D eigenvalue weighted by Crippen LogP contribution is 2.21. The van der Waals surface area contributed by atoms with Crippen LogP contribution in [0.3, 0.4) is 0 Å². The first kappa shape index (κ1) is 19.2. The SMILES string of the molecule is O=C(COC(=O)C1=C(Nc2ccccc2)OCC1=O)Nc1ccc2ccccc2c1. The van der Waals surface area contributed by atoms with E-state index in [9.17, 15) is 14.4 Å². The average molecular weight is 402 g/mol. The Morgan fingerprint density at radius 1 is 0.900 bits per heavy atom. The van der Waals surface area contributed by atoms with E-state index >= 15 is 0 Å². The third-order valence-corrected chi connectivity index (χ3v) is 4.46. The van der Waals surface area contributed by atoms with Gasteiger partial charge in [-0.1, -0.05) is 48.5 Å². The molecule has 3 aromatic carbocycles. The molecule has 0 bridgehead atoms. The minimum atomic E-state index is -0.912. The number of benzene rings is 3. The van der Waals surface area contributed by atoms with E-state index in [0.717, 1.165) is 10.8 Å². The smallest absolute Gasteiger partial charge is 0.347 e. The topological polar surface area (TPSA) is 93.7 Å². The summed E-state index contributed by atoms with van der Waals surface area (Å²) in [6.07, 6.45) is 0. The molecule has 7 heteroatoms. The Balaban J connectivity index is 1.39. The fourth-order valence-corrected chi connectivity index (χ4v) is 3.03. The molecule has 30 heavy (non-hydrogen) atoms. The summed E-state index contributed by atoms with van der Waals surface area (Å²) in [4.78, 5) is 36.6. The normalized spacial score (nSPS) is 13.1. The molecule has 0 aliphatic carbocycles. The van der Waals surface area contributed by atoms with E-state index in [1.165, 1.54) is 0 Å². The van der Waals surface area contributed by atoms with Crippen LogP contribution in [0.2, 0.25) is 0 Å². The molecule has 3 aromatic rings. The van der Waals surface area contributed by atoms with Crippen molar-refractivity contribution in [2.75, 3.05) is 23.8 Å². The number of ketones is 1. The number of carbonyl (C=O) groups excluding carboxylic acids is 3. The second-order valence-corrected chi connectivity index (χ2v) is 6.59. The second kappa shape index (κ2) is 8.48. The molecule has 0 spiro atoms. The summed E-state index contributed by atoms with van der Waals surface area (Å²) in [6, 6.07) is 22.2. The molecule has 0 saturated carbocycles. The van der Waals surface area contributed by atoms with Gasteiger partial charge in [0.1, 0.15) is 0 Å². The van der Waals surface area contributed by atoms with Crippen LogP contribution >= 0.6 is 0 Å². The second-order valence-electron chi connectivity index (χ2n) is 6.59. The summed E-state index contributed by atoms with van der Waals surface area (Å²) in [6.45, 7) is -0.788. The molecule has 4 rings (SSSR count). The van der Waals surface area contributed by atoms with Crippen molar-refractivity contribution in [1.29, 1.82) is 0 Å². The van der Waals surface area contributed by atoms with Gasteiger partial charge in [-0.3, -0.25) is 9.59 Å². The van der Waals surface area contributed by atoms with Crippen molar-refractivity contribution in [3.63, 3.8) is 0 Å². The third-order valence-electron chi connectivity index (χ3n) is 4.46. The number of carbonyl (C=O) groups is 3. The molecule has 0 atom stereocenters. The van der Waals surface area contributed by atoms with E-state index in [-0.39, 0.29) is 18.1 Å². The van der Waals surface area contributed by atoms with Gasteiger partial charge in [-0.15, -0.1) is 0 Å². The lowest BCUT2D eigenvalue weighted by Gasteiger charge is -2.09. The zero-order valence-electron chi connectivity index (χ0n) is 15.9. The van der Waals surface area contributed by atoms with E-state index in [1.807, 2.05) is 42.5 Å². The number of fused-ring (bicyclic) bond motifs is 1. The zero-order valence-corrected chi connectivity index (χ0v) is 15.9. The average Bonchev–Trinajstić information content (AvgIpc) is 3.12. The lowest BCUT2D eigenvalue weighted by Crippen LogP contribution is -2.24. The number of hydrogen-bond acceptors (Lipinski definition) is 6. The molecule has 1 amide bonds. The minimum absolute atomic E-state index is 0.0196. The largest absolute Gasteiger partial charge is 0.470 e. The maximum Gasteiger partial charge on any atom is 0.347 e. The molecule has 0 fully saturated rings. The monoisotopic (exact) mass is 402 g/mol. The van der Waals surface area contributed by atoms with Crippen molar-refractivity contribution in [3.8, 4) is 0 Å². The summed E-state index contributed by atoms with van der Waals surface area (Å²) in [5.74, 6) is -1.91. The van der Waals surface area contributed by atoms with E-state index in [0.29, 0.717) is 11.4 Å². The summed E-state index contributed by atoms with van der Waals surface area (Å²) in [5.41, 5.74) is 1.000. The van der Waals surface area contributed by atoms with E-state index in [1.54, 1.807) is 30.3 Å². The minimum Gasteiger partial charge on any atom is -0.470 e. The Bertz CT molecular complexity index is 1150. The Morgan fingerprint density at radius 3 is 2.43 bits per heavy atom. The summed E-state index contributed by atoms with van der Waals surface area (Å²) < 4.78 is 10.3. The zero-order chi connectivity index (χ0) is 20.9. The Morgan fingerprint density at radius 2 is 1.63 bits per heavy atom. The highest BCUT2D eigenvalue weighted by Gasteiger charge is 2.32. The predicted octanol–water partition coefficient (Wildman–Crippen LogP) is 3.24. The first-order valence-electron chi connectivity index (χ1n) is 9.28. The number of amides is 1. The fraction of sp³-hybridized carbons (Fsp3) is 0.0870. The van der Waals surface area contributed by atoms with Gasteiger partial charge >= 0.3 is 5.97 Å². The molecule has 0 aromatic heterocycles. The van der Waals surface area contributed by atoms with Crippen molar-refractivity contribution in [1.82, 2.24) is 0 Å². The van der Waals surface area contributed by atoms with Crippen LogP contribution in [0.15, 0.2) is 84.3 Å². The number of hydrogen-bond donors (Lipinski definition) is 2. The number of anilines is 2. The number of esters is 1. The molecular weight excluding hydrogens is 384 g/mol. The highest BCUT2D eigenvalue weighted by molar-refractivity contribution is 6.20. The molecule has 1 aliphatic heterocycles. The van der Waals surface area contributed by atoms with Crippen molar-refractivity contribution < 1.29 is 23.9 Å². The summed E-state index contributed by atoms with van der Waals surface area (Å²) >= 11 is 0. The summed E-state index contributed by atoms with van der Waals surface area (Å²) in [7, 11) is 0. The molecular formula is C23H18N2O5.